The van der Waals surface area contributed by atoms with Crippen LogP contribution in [0, 0.1) is 0 Å². The number of carbonyl (C=O) groups is 2. The van der Waals surface area contributed by atoms with E-state index in [1.807, 2.05) is 0 Å². The van der Waals surface area contributed by atoms with Crippen LogP contribution in [0.2, 0.25) is 5.02 Å². The summed E-state index contributed by atoms with van der Waals surface area (Å²) in [4.78, 5) is 28.2. The number of aliphatic hydroxyl groups is 1. The van der Waals surface area contributed by atoms with Gasteiger partial charge in [-0.05, 0) is 18.2 Å². The standard InChI is InChI=1S/C15H11ClN2O3/c16-10-5-3-4-9-13(10)18-14(20)15(9,21)8-12(19)11-6-1-2-7-17-11/h1-7,21H,8H2,(H,18,20). The summed E-state index contributed by atoms with van der Waals surface area (Å²) in [6.07, 6.45) is 1.10. The van der Waals surface area contributed by atoms with Crippen molar-refractivity contribution in [2.75, 3.05) is 5.32 Å². The number of amides is 1. The molecular formula is C15H11ClN2O3. The monoisotopic (exact) mass is 302 g/mol. The summed E-state index contributed by atoms with van der Waals surface area (Å²) in [5.74, 6) is -1.07. The maximum absolute atomic E-state index is 12.2. The first-order valence-electron chi connectivity index (χ1n) is 6.29. The molecule has 0 radical (unpaired) electrons. The molecule has 0 aliphatic carbocycles. The number of halogens is 1. The molecular weight excluding hydrogens is 292 g/mol. The molecule has 2 heterocycles. The summed E-state index contributed by atoms with van der Waals surface area (Å²) in [7, 11) is 0. The topological polar surface area (TPSA) is 79.3 Å². The van der Waals surface area contributed by atoms with Crippen LogP contribution in [0.5, 0.6) is 0 Å². The zero-order valence-electron chi connectivity index (χ0n) is 10.8. The Labute approximate surface area is 125 Å². The molecule has 5 nitrogen and oxygen atoms in total. The van der Waals surface area contributed by atoms with E-state index in [0.29, 0.717) is 16.3 Å². The van der Waals surface area contributed by atoms with Crippen molar-refractivity contribution in [3.05, 3.63) is 58.9 Å². The molecule has 0 bridgehead atoms. The Morgan fingerprint density at radius 3 is 2.81 bits per heavy atom. The minimum atomic E-state index is -1.92. The number of Topliss-reactive ketones (excluding diaryl/α,β-unsaturated/α-hetero) is 1. The van der Waals surface area contributed by atoms with Crippen molar-refractivity contribution in [3.63, 3.8) is 0 Å². The number of carbonyl (C=O) groups excluding carboxylic acids is 2. The molecule has 0 saturated carbocycles. The molecule has 6 heteroatoms. The van der Waals surface area contributed by atoms with Crippen LogP contribution in [0.15, 0.2) is 42.6 Å². The van der Waals surface area contributed by atoms with E-state index in [1.165, 1.54) is 12.3 Å². The molecule has 1 amide bonds. The number of hydrogen-bond acceptors (Lipinski definition) is 4. The quantitative estimate of drug-likeness (QED) is 0.851. The van der Waals surface area contributed by atoms with Gasteiger partial charge in [0.05, 0.1) is 17.1 Å². The molecule has 1 aromatic carbocycles. The van der Waals surface area contributed by atoms with E-state index in [2.05, 4.69) is 10.3 Å². The summed E-state index contributed by atoms with van der Waals surface area (Å²) in [5.41, 5.74) is -1.06. The first kappa shape index (κ1) is 13.7. The lowest BCUT2D eigenvalue weighted by Crippen LogP contribution is -2.36. The third-order valence-electron chi connectivity index (χ3n) is 3.44. The van der Waals surface area contributed by atoms with Crippen LogP contribution in [-0.4, -0.2) is 21.8 Å². The largest absolute Gasteiger partial charge is 0.375 e. The van der Waals surface area contributed by atoms with Crippen molar-refractivity contribution in [1.82, 2.24) is 4.98 Å². The Morgan fingerprint density at radius 2 is 2.10 bits per heavy atom. The molecule has 2 aromatic rings. The van der Waals surface area contributed by atoms with Crippen LogP contribution in [0.4, 0.5) is 5.69 Å². The van der Waals surface area contributed by atoms with Crippen LogP contribution in [0.25, 0.3) is 0 Å². The second-order valence-electron chi connectivity index (χ2n) is 4.79. The Hall–Kier alpha value is -2.24. The molecule has 2 N–H and O–H groups in total. The SMILES string of the molecule is O=C(CC1(O)C(=O)Nc2c(Cl)cccc21)c1ccccn1. The summed E-state index contributed by atoms with van der Waals surface area (Å²) in [6, 6.07) is 9.69. The number of fused-ring (bicyclic) bond motifs is 1. The molecule has 0 saturated heterocycles. The third kappa shape index (κ3) is 2.20. The maximum Gasteiger partial charge on any atom is 0.261 e. The van der Waals surface area contributed by atoms with Crippen LogP contribution < -0.4 is 5.32 Å². The maximum atomic E-state index is 12.2. The highest BCUT2D eigenvalue weighted by Crippen LogP contribution is 2.42. The number of aromatic nitrogens is 1. The number of hydrogen-bond donors (Lipinski definition) is 2. The van der Waals surface area contributed by atoms with E-state index in [1.54, 1.807) is 30.3 Å². The Balaban J connectivity index is 1.97. The van der Waals surface area contributed by atoms with Crippen molar-refractivity contribution < 1.29 is 14.7 Å². The van der Waals surface area contributed by atoms with E-state index in [4.69, 9.17) is 11.6 Å². The summed E-state index contributed by atoms with van der Waals surface area (Å²) < 4.78 is 0. The lowest BCUT2D eigenvalue weighted by atomic mass is 9.89. The molecule has 1 aromatic heterocycles. The van der Waals surface area contributed by atoms with Gasteiger partial charge in [0.2, 0.25) is 0 Å². The van der Waals surface area contributed by atoms with Gasteiger partial charge in [-0.3, -0.25) is 14.6 Å². The summed E-state index contributed by atoms with van der Waals surface area (Å²) in [6.45, 7) is 0. The van der Waals surface area contributed by atoms with E-state index >= 15 is 0 Å². The van der Waals surface area contributed by atoms with Gasteiger partial charge in [0, 0.05) is 11.8 Å². The normalized spacial score (nSPS) is 20.0. The number of rotatable bonds is 3. The minimum Gasteiger partial charge on any atom is -0.375 e. The number of nitrogens with zero attached hydrogens (tertiary/aromatic N) is 1. The molecule has 1 unspecified atom stereocenters. The summed E-state index contributed by atoms with van der Waals surface area (Å²) >= 11 is 5.99. The van der Waals surface area contributed by atoms with E-state index in [0.717, 1.165) is 0 Å². The molecule has 21 heavy (non-hydrogen) atoms. The number of anilines is 1. The Bertz CT molecular complexity index is 733. The van der Waals surface area contributed by atoms with Crippen LogP contribution in [0.3, 0.4) is 0 Å². The van der Waals surface area contributed by atoms with Crippen LogP contribution in [0.1, 0.15) is 22.5 Å². The second kappa shape index (κ2) is 4.95. The smallest absolute Gasteiger partial charge is 0.261 e. The van der Waals surface area contributed by atoms with Crippen molar-refractivity contribution in [2.45, 2.75) is 12.0 Å². The van der Waals surface area contributed by atoms with Gasteiger partial charge in [0.25, 0.3) is 5.91 Å². The highest BCUT2D eigenvalue weighted by atomic mass is 35.5. The van der Waals surface area contributed by atoms with Gasteiger partial charge in [-0.15, -0.1) is 0 Å². The molecule has 0 spiro atoms. The van der Waals surface area contributed by atoms with E-state index in [-0.39, 0.29) is 12.1 Å². The van der Waals surface area contributed by atoms with Crippen molar-refractivity contribution >= 4 is 29.0 Å². The predicted molar refractivity (Wildman–Crippen MR) is 77.2 cm³/mol. The fourth-order valence-corrected chi connectivity index (χ4v) is 2.58. The highest BCUT2D eigenvalue weighted by Gasteiger charge is 2.47. The van der Waals surface area contributed by atoms with E-state index < -0.39 is 17.3 Å². The van der Waals surface area contributed by atoms with Gasteiger partial charge in [-0.1, -0.05) is 29.8 Å². The third-order valence-corrected chi connectivity index (χ3v) is 3.76. The number of benzene rings is 1. The van der Waals surface area contributed by atoms with Crippen LogP contribution >= 0.6 is 11.6 Å². The average Bonchev–Trinajstić information content (AvgIpc) is 2.74. The van der Waals surface area contributed by atoms with Gasteiger partial charge in [0.15, 0.2) is 11.4 Å². The lowest BCUT2D eigenvalue weighted by molar-refractivity contribution is -0.133. The van der Waals surface area contributed by atoms with Crippen molar-refractivity contribution in [2.24, 2.45) is 0 Å². The number of para-hydroxylation sites is 1. The van der Waals surface area contributed by atoms with Crippen LogP contribution in [-0.2, 0) is 10.4 Å². The summed E-state index contributed by atoms with van der Waals surface area (Å²) in [5, 5.41) is 13.5. The molecule has 3 rings (SSSR count). The zero-order valence-corrected chi connectivity index (χ0v) is 11.6. The second-order valence-corrected chi connectivity index (χ2v) is 5.20. The Kier molecular flexibility index (Phi) is 3.23. The molecule has 0 fully saturated rings. The molecule has 1 aliphatic heterocycles. The predicted octanol–water partition coefficient (Wildman–Crippen LogP) is 2.15. The first-order valence-corrected chi connectivity index (χ1v) is 6.67. The lowest BCUT2D eigenvalue weighted by Gasteiger charge is -2.19. The highest BCUT2D eigenvalue weighted by molar-refractivity contribution is 6.34. The number of ketones is 1. The Morgan fingerprint density at radius 1 is 1.29 bits per heavy atom. The van der Waals surface area contributed by atoms with Crippen molar-refractivity contribution in [1.29, 1.82) is 0 Å². The average molecular weight is 303 g/mol. The van der Waals surface area contributed by atoms with Gasteiger partial charge < -0.3 is 10.4 Å². The van der Waals surface area contributed by atoms with Gasteiger partial charge in [-0.25, -0.2) is 0 Å². The van der Waals surface area contributed by atoms with Crippen molar-refractivity contribution in [3.8, 4) is 0 Å². The fraction of sp³-hybridized carbons (Fsp3) is 0.133. The zero-order chi connectivity index (χ0) is 15.0. The minimum absolute atomic E-state index is 0.203. The fourth-order valence-electron chi connectivity index (χ4n) is 2.36. The number of pyridine rings is 1. The molecule has 1 aliphatic rings. The van der Waals surface area contributed by atoms with Gasteiger partial charge >= 0.3 is 0 Å². The molecule has 1 atom stereocenters. The van der Waals surface area contributed by atoms with E-state index in [9.17, 15) is 14.7 Å². The number of nitrogens with one attached hydrogen (secondary N) is 1. The van der Waals surface area contributed by atoms with Gasteiger partial charge in [0.1, 0.15) is 5.69 Å². The van der Waals surface area contributed by atoms with Gasteiger partial charge in [-0.2, -0.15) is 0 Å². The first-order chi connectivity index (χ1) is 10.0. The molecule has 106 valence electrons.